The van der Waals surface area contributed by atoms with Crippen molar-refractivity contribution in [2.75, 3.05) is 5.43 Å². The number of pyridine rings is 1. The summed E-state index contributed by atoms with van der Waals surface area (Å²) in [6.07, 6.45) is 3.32. The molecule has 0 saturated heterocycles. The van der Waals surface area contributed by atoms with Gasteiger partial charge in [-0.1, -0.05) is 0 Å². The number of nitrogen functional groups attached to an aromatic ring is 1. The van der Waals surface area contributed by atoms with Crippen molar-refractivity contribution in [2.45, 2.75) is 6.54 Å². The fourth-order valence-electron chi connectivity index (χ4n) is 1.43. The van der Waals surface area contributed by atoms with Gasteiger partial charge in [0.2, 0.25) is 0 Å². The molecule has 1 amide bonds. The summed E-state index contributed by atoms with van der Waals surface area (Å²) in [4.78, 5) is 15.8. The maximum absolute atomic E-state index is 11.8. The Morgan fingerprint density at radius 1 is 1.44 bits per heavy atom. The van der Waals surface area contributed by atoms with Crippen LogP contribution < -0.4 is 16.6 Å². The second-order valence-corrected chi connectivity index (χ2v) is 3.74. The highest BCUT2D eigenvalue weighted by Crippen LogP contribution is 2.04. The van der Waals surface area contributed by atoms with Crippen molar-refractivity contribution in [3.63, 3.8) is 0 Å². The molecule has 7 nitrogen and oxygen atoms in total. The van der Waals surface area contributed by atoms with Crippen molar-refractivity contribution in [3.8, 4) is 0 Å². The molecular formula is C11H14N6O. The van der Waals surface area contributed by atoms with Crippen LogP contribution in [0.5, 0.6) is 0 Å². The van der Waals surface area contributed by atoms with Crippen molar-refractivity contribution in [1.29, 1.82) is 0 Å². The highest BCUT2D eigenvalue weighted by atomic mass is 16.1. The van der Waals surface area contributed by atoms with Crippen LogP contribution in [-0.2, 0) is 13.6 Å². The van der Waals surface area contributed by atoms with E-state index in [1.807, 2.05) is 19.3 Å². The summed E-state index contributed by atoms with van der Waals surface area (Å²) < 4.78 is 1.68. The van der Waals surface area contributed by atoms with Crippen LogP contribution in [0.15, 0.2) is 30.6 Å². The number of aryl methyl sites for hydroxylation is 1. The fraction of sp³-hybridized carbons (Fsp3) is 0.182. The third-order valence-electron chi connectivity index (χ3n) is 2.36. The van der Waals surface area contributed by atoms with Gasteiger partial charge in [-0.15, -0.1) is 0 Å². The maximum atomic E-state index is 11.8. The Hall–Kier alpha value is -2.41. The van der Waals surface area contributed by atoms with Gasteiger partial charge in [0.05, 0.1) is 24.1 Å². The van der Waals surface area contributed by atoms with E-state index in [0.29, 0.717) is 17.9 Å². The molecule has 4 N–H and O–H groups in total. The van der Waals surface area contributed by atoms with Crippen LogP contribution in [0.25, 0.3) is 0 Å². The molecule has 0 aliphatic rings. The molecule has 0 radical (unpaired) electrons. The Morgan fingerprint density at radius 2 is 2.28 bits per heavy atom. The highest BCUT2D eigenvalue weighted by molar-refractivity contribution is 5.92. The predicted octanol–water partition coefficient (Wildman–Crippen LogP) is 0.0307. The summed E-state index contributed by atoms with van der Waals surface area (Å²) in [5, 5.41) is 6.90. The number of nitrogens with two attached hydrogens (primary N) is 1. The first-order valence-corrected chi connectivity index (χ1v) is 5.38. The normalized spacial score (nSPS) is 10.1. The second kappa shape index (κ2) is 5.28. The van der Waals surface area contributed by atoms with Gasteiger partial charge in [-0.25, -0.2) is 4.98 Å². The van der Waals surface area contributed by atoms with Gasteiger partial charge in [0, 0.05) is 13.2 Å². The molecule has 2 aromatic rings. The van der Waals surface area contributed by atoms with Crippen molar-refractivity contribution in [1.82, 2.24) is 20.1 Å². The molecule has 2 heterocycles. The predicted molar refractivity (Wildman–Crippen MR) is 66.4 cm³/mol. The lowest BCUT2D eigenvalue weighted by Crippen LogP contribution is -2.24. The third kappa shape index (κ3) is 2.83. The third-order valence-corrected chi connectivity index (χ3v) is 2.36. The Kier molecular flexibility index (Phi) is 3.54. The van der Waals surface area contributed by atoms with E-state index in [0.717, 1.165) is 5.69 Å². The number of hydrazine groups is 1. The van der Waals surface area contributed by atoms with Crippen LogP contribution in [0.1, 0.15) is 16.2 Å². The average molecular weight is 246 g/mol. The van der Waals surface area contributed by atoms with Crippen LogP contribution in [0, 0.1) is 0 Å². The van der Waals surface area contributed by atoms with Gasteiger partial charge in [0.1, 0.15) is 5.69 Å². The molecule has 0 atom stereocenters. The molecule has 0 aliphatic carbocycles. The minimum atomic E-state index is -0.246. The Balaban J connectivity index is 1.94. The number of rotatable bonds is 4. The average Bonchev–Trinajstić information content (AvgIpc) is 2.82. The zero-order valence-electron chi connectivity index (χ0n) is 9.92. The Morgan fingerprint density at radius 3 is 2.83 bits per heavy atom. The zero-order chi connectivity index (χ0) is 13.0. The highest BCUT2D eigenvalue weighted by Gasteiger charge is 2.07. The molecule has 94 valence electrons. The molecule has 2 rings (SSSR count). The Labute approximate surface area is 104 Å². The molecule has 2 aromatic heterocycles. The molecular weight excluding hydrogens is 232 g/mol. The maximum Gasteiger partial charge on any atom is 0.270 e. The number of carbonyl (C=O) groups is 1. The topological polar surface area (TPSA) is 97.9 Å². The SMILES string of the molecule is Cn1ccc(CNC(=O)c2ccc(NN)cn2)n1. The van der Waals surface area contributed by atoms with Gasteiger partial charge in [-0.3, -0.25) is 15.3 Å². The van der Waals surface area contributed by atoms with Gasteiger partial charge >= 0.3 is 0 Å². The quantitative estimate of drug-likeness (QED) is 0.522. The summed E-state index contributed by atoms with van der Waals surface area (Å²) in [6, 6.07) is 5.13. The summed E-state index contributed by atoms with van der Waals surface area (Å²) in [5.41, 5.74) is 4.23. The number of aromatic nitrogens is 3. The minimum absolute atomic E-state index is 0.246. The van der Waals surface area contributed by atoms with E-state index >= 15 is 0 Å². The molecule has 0 spiro atoms. The lowest BCUT2D eigenvalue weighted by Gasteiger charge is -2.03. The van der Waals surface area contributed by atoms with Crippen molar-refractivity contribution < 1.29 is 4.79 Å². The number of nitrogens with zero attached hydrogens (tertiary/aromatic N) is 3. The van der Waals surface area contributed by atoms with E-state index in [1.54, 1.807) is 16.8 Å². The summed E-state index contributed by atoms with van der Waals surface area (Å²) in [5.74, 6) is 4.97. The van der Waals surface area contributed by atoms with E-state index in [2.05, 4.69) is 20.8 Å². The second-order valence-electron chi connectivity index (χ2n) is 3.74. The standard InChI is InChI=1S/C11H14N6O/c1-17-5-4-9(16-17)7-14-11(18)10-3-2-8(15-12)6-13-10/h2-6,15H,7,12H2,1H3,(H,14,18). The van der Waals surface area contributed by atoms with E-state index < -0.39 is 0 Å². The van der Waals surface area contributed by atoms with Crippen molar-refractivity contribution >= 4 is 11.6 Å². The molecule has 18 heavy (non-hydrogen) atoms. The van der Waals surface area contributed by atoms with Crippen LogP contribution in [0.3, 0.4) is 0 Å². The molecule has 0 fully saturated rings. The first kappa shape index (κ1) is 12.1. The summed E-state index contributed by atoms with van der Waals surface area (Å²) in [6.45, 7) is 0.373. The first-order chi connectivity index (χ1) is 8.69. The van der Waals surface area contributed by atoms with Gasteiger partial charge in [0.25, 0.3) is 5.91 Å². The molecule has 0 aromatic carbocycles. The number of carbonyl (C=O) groups excluding carboxylic acids is 1. The van der Waals surface area contributed by atoms with Crippen LogP contribution in [0.2, 0.25) is 0 Å². The zero-order valence-corrected chi connectivity index (χ0v) is 9.92. The number of anilines is 1. The molecule has 0 saturated carbocycles. The summed E-state index contributed by atoms with van der Waals surface area (Å²) >= 11 is 0. The number of hydrogen-bond acceptors (Lipinski definition) is 5. The lowest BCUT2D eigenvalue weighted by atomic mass is 10.3. The smallest absolute Gasteiger partial charge is 0.270 e. The van der Waals surface area contributed by atoms with Gasteiger partial charge < -0.3 is 10.7 Å². The molecule has 0 aliphatic heterocycles. The van der Waals surface area contributed by atoms with E-state index in [1.165, 1.54) is 6.20 Å². The van der Waals surface area contributed by atoms with E-state index in [-0.39, 0.29) is 5.91 Å². The van der Waals surface area contributed by atoms with Gasteiger partial charge in [-0.2, -0.15) is 5.10 Å². The van der Waals surface area contributed by atoms with Gasteiger partial charge in [-0.05, 0) is 18.2 Å². The number of nitrogens with one attached hydrogen (secondary N) is 2. The fourth-order valence-corrected chi connectivity index (χ4v) is 1.43. The number of hydrogen-bond donors (Lipinski definition) is 3. The molecule has 7 heteroatoms. The van der Waals surface area contributed by atoms with Crippen molar-refractivity contribution in [3.05, 3.63) is 42.0 Å². The van der Waals surface area contributed by atoms with E-state index in [4.69, 9.17) is 5.84 Å². The van der Waals surface area contributed by atoms with Crippen LogP contribution in [-0.4, -0.2) is 20.7 Å². The van der Waals surface area contributed by atoms with E-state index in [9.17, 15) is 4.79 Å². The van der Waals surface area contributed by atoms with Gasteiger partial charge in [0.15, 0.2) is 0 Å². The minimum Gasteiger partial charge on any atom is -0.345 e. The Bertz CT molecular complexity index is 533. The lowest BCUT2D eigenvalue weighted by molar-refractivity contribution is 0.0945. The summed E-state index contributed by atoms with van der Waals surface area (Å²) in [7, 11) is 1.82. The number of amides is 1. The largest absolute Gasteiger partial charge is 0.345 e. The van der Waals surface area contributed by atoms with Crippen LogP contribution in [0.4, 0.5) is 5.69 Å². The van der Waals surface area contributed by atoms with Crippen molar-refractivity contribution in [2.24, 2.45) is 12.9 Å². The van der Waals surface area contributed by atoms with Crippen LogP contribution >= 0.6 is 0 Å². The molecule has 0 bridgehead atoms. The first-order valence-electron chi connectivity index (χ1n) is 5.38. The monoisotopic (exact) mass is 246 g/mol. The molecule has 0 unspecified atom stereocenters.